The van der Waals surface area contributed by atoms with Crippen LogP contribution in [0.3, 0.4) is 0 Å². The number of aromatic nitrogens is 2. The molecule has 1 aromatic carbocycles. The first-order valence-corrected chi connectivity index (χ1v) is 12.3. The lowest BCUT2D eigenvalue weighted by molar-refractivity contribution is -0.135. The molecule has 1 aliphatic heterocycles. The molecule has 0 radical (unpaired) electrons. The Morgan fingerprint density at radius 3 is 2.67 bits per heavy atom. The first kappa shape index (κ1) is 19.4. The highest BCUT2D eigenvalue weighted by Gasteiger charge is 2.45. The van der Waals surface area contributed by atoms with Crippen LogP contribution in [0, 0.1) is 11.8 Å². The number of hydrogen-bond acceptors (Lipinski definition) is 6. The second kappa shape index (κ2) is 7.20. The van der Waals surface area contributed by atoms with Crippen molar-refractivity contribution in [2.45, 2.75) is 50.5 Å². The first-order valence-electron chi connectivity index (χ1n) is 12.3. The molecule has 3 aliphatic carbocycles. The molecule has 3 saturated carbocycles. The number of nitrogens with zero attached hydrogens (tertiary/aromatic N) is 4. The van der Waals surface area contributed by atoms with Crippen LogP contribution >= 0.6 is 0 Å². The summed E-state index contributed by atoms with van der Waals surface area (Å²) in [5.41, 5.74) is 12.3. The van der Waals surface area contributed by atoms with Crippen LogP contribution in [0.4, 0.5) is 11.5 Å². The molecule has 3 aromatic rings. The minimum absolute atomic E-state index is 0.281. The summed E-state index contributed by atoms with van der Waals surface area (Å²) in [6, 6.07) is 8.51. The van der Waals surface area contributed by atoms with E-state index in [0.717, 1.165) is 66.2 Å². The van der Waals surface area contributed by atoms with Gasteiger partial charge in [0.25, 0.3) is 0 Å². The summed E-state index contributed by atoms with van der Waals surface area (Å²) < 4.78 is 5.53. The molecule has 7 rings (SSSR count). The topological polar surface area (TPSA) is 88.5 Å². The largest absolute Gasteiger partial charge is 0.443 e. The second-order valence-corrected chi connectivity index (χ2v) is 10.3. The fraction of sp³-hybridized carbons (Fsp3) is 0.500. The van der Waals surface area contributed by atoms with Gasteiger partial charge in [0, 0.05) is 37.0 Å². The number of nitrogen functional groups attached to an aromatic ring is 1. The van der Waals surface area contributed by atoms with Crippen LogP contribution in [-0.2, 0) is 4.79 Å². The number of carbonyl (C=O) groups excluding carboxylic acids is 1. The SMILES string of the molecule is Nc1cc(-c2ccc3ncoc3c2)c(C2CC2)nc1N1CCN(C(=O)C2CC2)[C@H](C2CC2)C1. The van der Waals surface area contributed by atoms with Gasteiger partial charge in [0.2, 0.25) is 5.91 Å². The van der Waals surface area contributed by atoms with Crippen molar-refractivity contribution in [2.24, 2.45) is 11.8 Å². The number of carbonyl (C=O) groups is 1. The van der Waals surface area contributed by atoms with E-state index in [-0.39, 0.29) is 5.92 Å². The number of pyridine rings is 1. The molecule has 3 heterocycles. The zero-order valence-corrected chi connectivity index (χ0v) is 18.7. The summed E-state index contributed by atoms with van der Waals surface area (Å²) in [6.07, 6.45) is 8.41. The maximum absolute atomic E-state index is 12.9. The fourth-order valence-corrected chi connectivity index (χ4v) is 5.43. The number of benzene rings is 1. The number of anilines is 2. The van der Waals surface area contributed by atoms with Gasteiger partial charge in [0.1, 0.15) is 5.52 Å². The van der Waals surface area contributed by atoms with Crippen molar-refractivity contribution in [3.63, 3.8) is 0 Å². The van der Waals surface area contributed by atoms with Crippen LogP contribution in [0.2, 0.25) is 0 Å². The number of amides is 1. The number of piperazine rings is 1. The van der Waals surface area contributed by atoms with E-state index in [0.29, 0.717) is 29.5 Å². The van der Waals surface area contributed by atoms with Crippen LogP contribution in [-0.4, -0.2) is 46.5 Å². The Hall–Kier alpha value is -3.09. The van der Waals surface area contributed by atoms with E-state index in [4.69, 9.17) is 15.1 Å². The highest BCUT2D eigenvalue weighted by atomic mass is 16.3. The van der Waals surface area contributed by atoms with Gasteiger partial charge in [-0.3, -0.25) is 4.79 Å². The number of nitrogens with two attached hydrogens (primary N) is 1. The predicted octanol–water partition coefficient (Wildman–Crippen LogP) is 4.19. The van der Waals surface area contributed by atoms with E-state index < -0.39 is 0 Å². The molecule has 4 aliphatic rings. The van der Waals surface area contributed by atoms with E-state index in [1.54, 1.807) is 0 Å². The zero-order valence-electron chi connectivity index (χ0n) is 18.7. The summed E-state index contributed by atoms with van der Waals surface area (Å²) in [5, 5.41) is 0. The average Bonchev–Trinajstić information content (AvgIpc) is 3.67. The van der Waals surface area contributed by atoms with Gasteiger partial charge in [-0.15, -0.1) is 0 Å². The Labute approximate surface area is 193 Å². The standard InChI is InChI=1S/C26H29N5O2/c27-20-12-19(18-7-8-21-23(11-18)33-14-28-21)24(16-3-4-16)29-25(20)30-9-10-31(26(32)17-5-6-17)22(13-30)15-1-2-15/h7-8,11-12,14-17,22H,1-6,9-10,13,27H2/t22-/m0/s1. The van der Waals surface area contributed by atoms with E-state index >= 15 is 0 Å². The minimum atomic E-state index is 0.281. The lowest BCUT2D eigenvalue weighted by atomic mass is 9.99. The van der Waals surface area contributed by atoms with Crippen molar-refractivity contribution in [1.29, 1.82) is 0 Å². The van der Waals surface area contributed by atoms with Gasteiger partial charge in [-0.25, -0.2) is 9.97 Å². The molecule has 1 amide bonds. The summed E-state index contributed by atoms with van der Waals surface area (Å²) in [6.45, 7) is 2.42. The molecule has 33 heavy (non-hydrogen) atoms. The van der Waals surface area contributed by atoms with Crippen molar-refractivity contribution < 1.29 is 9.21 Å². The summed E-state index contributed by atoms with van der Waals surface area (Å²) >= 11 is 0. The molecule has 1 saturated heterocycles. The third-order valence-corrected chi connectivity index (χ3v) is 7.76. The maximum atomic E-state index is 12.9. The van der Waals surface area contributed by atoms with Crippen LogP contribution in [0.15, 0.2) is 35.1 Å². The highest BCUT2D eigenvalue weighted by molar-refractivity contribution is 5.84. The molecule has 7 nitrogen and oxygen atoms in total. The third kappa shape index (κ3) is 3.45. The molecule has 170 valence electrons. The predicted molar refractivity (Wildman–Crippen MR) is 127 cm³/mol. The van der Waals surface area contributed by atoms with Gasteiger partial charge in [0.05, 0.1) is 17.4 Å². The molecular weight excluding hydrogens is 414 g/mol. The maximum Gasteiger partial charge on any atom is 0.226 e. The Kier molecular flexibility index (Phi) is 4.23. The molecular formula is C26H29N5O2. The molecule has 0 bridgehead atoms. The molecule has 0 unspecified atom stereocenters. The minimum Gasteiger partial charge on any atom is -0.443 e. The van der Waals surface area contributed by atoms with E-state index in [9.17, 15) is 4.79 Å². The van der Waals surface area contributed by atoms with Gasteiger partial charge >= 0.3 is 0 Å². The van der Waals surface area contributed by atoms with Crippen molar-refractivity contribution in [3.8, 4) is 11.1 Å². The van der Waals surface area contributed by atoms with Crippen LogP contribution in [0.5, 0.6) is 0 Å². The van der Waals surface area contributed by atoms with Crippen molar-refractivity contribution in [3.05, 3.63) is 36.4 Å². The molecule has 0 spiro atoms. The number of fused-ring (bicyclic) bond motifs is 1. The summed E-state index contributed by atoms with van der Waals surface area (Å²) in [7, 11) is 0. The molecule has 2 aromatic heterocycles. The van der Waals surface area contributed by atoms with Crippen LogP contribution < -0.4 is 10.6 Å². The molecule has 7 heteroatoms. The van der Waals surface area contributed by atoms with Crippen LogP contribution in [0.25, 0.3) is 22.2 Å². The first-order chi connectivity index (χ1) is 16.2. The second-order valence-electron chi connectivity index (χ2n) is 10.3. The average molecular weight is 444 g/mol. The molecule has 1 atom stereocenters. The lowest BCUT2D eigenvalue weighted by Crippen LogP contribution is -2.57. The van der Waals surface area contributed by atoms with Gasteiger partial charge in [-0.1, -0.05) is 6.07 Å². The Morgan fingerprint density at radius 1 is 1.06 bits per heavy atom. The monoisotopic (exact) mass is 443 g/mol. The fourth-order valence-electron chi connectivity index (χ4n) is 5.43. The Bertz CT molecular complexity index is 1240. The smallest absolute Gasteiger partial charge is 0.226 e. The third-order valence-electron chi connectivity index (χ3n) is 7.76. The van der Waals surface area contributed by atoms with E-state index in [2.05, 4.69) is 26.9 Å². The molecule has 2 N–H and O–H groups in total. The number of rotatable bonds is 5. The zero-order chi connectivity index (χ0) is 22.1. The van der Waals surface area contributed by atoms with E-state index in [1.807, 2.05) is 12.1 Å². The quantitative estimate of drug-likeness (QED) is 0.636. The summed E-state index contributed by atoms with van der Waals surface area (Å²) in [4.78, 5) is 26.8. The van der Waals surface area contributed by atoms with Crippen molar-refractivity contribution in [2.75, 3.05) is 30.3 Å². The lowest BCUT2D eigenvalue weighted by Gasteiger charge is -2.43. The van der Waals surface area contributed by atoms with Crippen molar-refractivity contribution in [1.82, 2.24) is 14.9 Å². The van der Waals surface area contributed by atoms with Gasteiger partial charge < -0.3 is 20.0 Å². The van der Waals surface area contributed by atoms with Gasteiger partial charge in [0.15, 0.2) is 17.8 Å². The van der Waals surface area contributed by atoms with Crippen molar-refractivity contribution >= 4 is 28.5 Å². The van der Waals surface area contributed by atoms with Gasteiger partial charge in [-0.05, 0) is 68.2 Å². The molecule has 4 fully saturated rings. The van der Waals surface area contributed by atoms with Gasteiger partial charge in [-0.2, -0.15) is 0 Å². The summed E-state index contributed by atoms with van der Waals surface area (Å²) in [5.74, 6) is 2.67. The normalized spacial score (nSPS) is 23.3. The number of hydrogen-bond donors (Lipinski definition) is 1. The number of oxazole rings is 1. The Morgan fingerprint density at radius 2 is 1.91 bits per heavy atom. The highest BCUT2D eigenvalue weighted by Crippen LogP contribution is 2.46. The van der Waals surface area contributed by atoms with E-state index in [1.165, 1.54) is 32.1 Å². The Balaban J connectivity index is 1.22. The van der Waals surface area contributed by atoms with Crippen LogP contribution in [0.1, 0.15) is 50.1 Å².